The second-order valence-corrected chi connectivity index (χ2v) is 7.77. The van der Waals surface area contributed by atoms with E-state index >= 15 is 0 Å². The van der Waals surface area contributed by atoms with Gasteiger partial charge in [-0.3, -0.25) is 4.79 Å². The lowest BCUT2D eigenvalue weighted by atomic mass is 9.99. The van der Waals surface area contributed by atoms with Crippen LogP contribution in [0.5, 0.6) is 17.2 Å². The zero-order chi connectivity index (χ0) is 24.4. The Morgan fingerprint density at radius 2 is 1.68 bits per heavy atom. The first-order chi connectivity index (χ1) is 16.2. The van der Waals surface area contributed by atoms with E-state index in [-0.39, 0.29) is 29.3 Å². The second kappa shape index (κ2) is 9.69. The van der Waals surface area contributed by atoms with Crippen LogP contribution in [-0.4, -0.2) is 68.8 Å². The number of fused-ring (bicyclic) bond motifs is 1. The standard InChI is InChI=1S/C23H22O11/c24-13-4-1-11(2-5-13)7-19(27)31-10-17-20(28)21(29)22(30)23(34-17)33-16-9-15-12(8-14(16)25)3-6-18(26)32-15/h1-6,8-9,17,20-25,28-30H,7,10H2. The van der Waals surface area contributed by atoms with E-state index in [1.807, 2.05) is 0 Å². The van der Waals surface area contributed by atoms with Crippen LogP contribution >= 0.6 is 0 Å². The first kappa shape index (κ1) is 23.5. The molecule has 1 fully saturated rings. The number of ether oxygens (including phenoxy) is 3. The number of esters is 1. The summed E-state index contributed by atoms with van der Waals surface area (Å²) in [5.74, 6) is -1.16. The van der Waals surface area contributed by atoms with Crippen LogP contribution in [0.2, 0.25) is 0 Å². The van der Waals surface area contributed by atoms with Gasteiger partial charge in [0.1, 0.15) is 42.4 Å². The maximum absolute atomic E-state index is 12.1. The Kier molecular flexibility index (Phi) is 6.70. The van der Waals surface area contributed by atoms with Crippen molar-refractivity contribution in [2.75, 3.05) is 6.61 Å². The molecule has 0 spiro atoms. The zero-order valence-corrected chi connectivity index (χ0v) is 17.6. The van der Waals surface area contributed by atoms with Gasteiger partial charge in [-0.2, -0.15) is 0 Å². The molecule has 0 amide bonds. The normalized spacial score (nSPS) is 24.6. The molecule has 0 saturated carbocycles. The van der Waals surface area contributed by atoms with Crippen LogP contribution < -0.4 is 10.4 Å². The first-order valence-electron chi connectivity index (χ1n) is 10.3. The average Bonchev–Trinajstić information content (AvgIpc) is 2.80. The molecule has 11 nitrogen and oxygen atoms in total. The monoisotopic (exact) mass is 474 g/mol. The summed E-state index contributed by atoms with van der Waals surface area (Å²) in [5, 5.41) is 50.7. The number of phenolic OH excluding ortho intramolecular Hbond substituents is 2. The number of hydrogen-bond donors (Lipinski definition) is 5. The number of aliphatic hydroxyl groups excluding tert-OH is 3. The van der Waals surface area contributed by atoms with Gasteiger partial charge in [-0.15, -0.1) is 0 Å². The van der Waals surface area contributed by atoms with Gasteiger partial charge in [0.15, 0.2) is 11.5 Å². The SMILES string of the molecule is O=C(Cc1ccc(O)cc1)OCC1OC(Oc2cc3oc(=O)ccc3cc2O)C(O)C(O)C1O. The van der Waals surface area contributed by atoms with E-state index < -0.39 is 48.9 Å². The largest absolute Gasteiger partial charge is 0.508 e. The lowest BCUT2D eigenvalue weighted by molar-refractivity contribution is -0.278. The highest BCUT2D eigenvalue weighted by Crippen LogP contribution is 2.34. The smallest absolute Gasteiger partial charge is 0.336 e. The summed E-state index contributed by atoms with van der Waals surface area (Å²) in [6, 6.07) is 11.0. The van der Waals surface area contributed by atoms with Gasteiger partial charge in [0.2, 0.25) is 6.29 Å². The molecule has 0 radical (unpaired) electrons. The molecule has 2 aromatic carbocycles. The van der Waals surface area contributed by atoms with Crippen molar-refractivity contribution < 1.29 is 49.0 Å². The van der Waals surface area contributed by atoms with Gasteiger partial charge in [-0.05, 0) is 29.8 Å². The van der Waals surface area contributed by atoms with Crippen LogP contribution in [0, 0.1) is 0 Å². The van der Waals surface area contributed by atoms with E-state index in [4.69, 9.17) is 18.6 Å². The second-order valence-electron chi connectivity index (χ2n) is 7.77. The molecule has 1 saturated heterocycles. The number of hydrogen-bond acceptors (Lipinski definition) is 11. The third kappa shape index (κ3) is 5.13. The Balaban J connectivity index is 1.44. The van der Waals surface area contributed by atoms with E-state index in [0.29, 0.717) is 10.9 Å². The van der Waals surface area contributed by atoms with Crippen LogP contribution in [0.25, 0.3) is 11.0 Å². The van der Waals surface area contributed by atoms with Crippen molar-refractivity contribution in [3.05, 3.63) is 64.5 Å². The molecular formula is C23H22O11. The minimum atomic E-state index is -1.71. The molecule has 11 heteroatoms. The highest BCUT2D eigenvalue weighted by molar-refractivity contribution is 5.80. The molecule has 0 bridgehead atoms. The molecule has 4 rings (SSSR count). The van der Waals surface area contributed by atoms with Gasteiger partial charge >= 0.3 is 11.6 Å². The number of benzene rings is 2. The minimum Gasteiger partial charge on any atom is -0.508 e. The summed E-state index contributed by atoms with van der Waals surface area (Å²) in [7, 11) is 0. The van der Waals surface area contributed by atoms with E-state index in [0.717, 1.165) is 0 Å². The summed E-state index contributed by atoms with van der Waals surface area (Å²) in [5.41, 5.74) is 0.0692. The molecule has 1 aromatic heterocycles. The van der Waals surface area contributed by atoms with Crippen LogP contribution in [-0.2, 0) is 20.7 Å². The van der Waals surface area contributed by atoms with Crippen molar-refractivity contribution in [2.45, 2.75) is 37.1 Å². The van der Waals surface area contributed by atoms with E-state index in [9.17, 15) is 35.1 Å². The Morgan fingerprint density at radius 3 is 2.41 bits per heavy atom. The lowest BCUT2D eigenvalue weighted by Crippen LogP contribution is -2.60. The molecule has 1 aliphatic rings. The van der Waals surface area contributed by atoms with E-state index in [2.05, 4.69) is 0 Å². The van der Waals surface area contributed by atoms with Crippen molar-refractivity contribution in [2.24, 2.45) is 0 Å². The first-order valence-corrected chi connectivity index (χ1v) is 10.3. The molecule has 3 aromatic rings. The van der Waals surface area contributed by atoms with Gasteiger partial charge < -0.3 is 44.2 Å². The summed E-state index contributed by atoms with van der Waals surface area (Å²) < 4.78 is 21.2. The van der Waals surface area contributed by atoms with Crippen LogP contribution in [0.1, 0.15) is 5.56 Å². The van der Waals surface area contributed by atoms with Crippen molar-refractivity contribution >= 4 is 16.9 Å². The summed E-state index contributed by atoms with van der Waals surface area (Å²) in [6.45, 7) is -0.458. The average molecular weight is 474 g/mol. The Hall–Kier alpha value is -3.64. The molecule has 0 aliphatic carbocycles. The molecule has 5 atom stereocenters. The number of aromatic hydroxyl groups is 2. The van der Waals surface area contributed by atoms with Crippen LogP contribution in [0.15, 0.2) is 57.7 Å². The molecule has 5 unspecified atom stereocenters. The predicted molar refractivity (Wildman–Crippen MR) is 114 cm³/mol. The topological polar surface area (TPSA) is 176 Å². The summed E-state index contributed by atoms with van der Waals surface area (Å²) in [6.07, 6.45) is -7.94. The molecule has 5 N–H and O–H groups in total. The van der Waals surface area contributed by atoms with Crippen molar-refractivity contribution in [1.29, 1.82) is 0 Å². The highest BCUT2D eigenvalue weighted by Gasteiger charge is 2.45. The van der Waals surface area contributed by atoms with Crippen molar-refractivity contribution in [3.8, 4) is 17.2 Å². The van der Waals surface area contributed by atoms with Gasteiger partial charge in [-0.1, -0.05) is 12.1 Å². The number of phenols is 2. The van der Waals surface area contributed by atoms with Crippen LogP contribution in [0.4, 0.5) is 0 Å². The molecule has 1 aliphatic heterocycles. The number of carbonyl (C=O) groups excluding carboxylic acids is 1. The van der Waals surface area contributed by atoms with Crippen molar-refractivity contribution in [3.63, 3.8) is 0 Å². The minimum absolute atomic E-state index is 0.0500. The van der Waals surface area contributed by atoms with Crippen LogP contribution in [0.3, 0.4) is 0 Å². The van der Waals surface area contributed by atoms with Gasteiger partial charge in [0.05, 0.1) is 6.42 Å². The maximum atomic E-state index is 12.1. The quantitative estimate of drug-likeness (QED) is 0.243. The van der Waals surface area contributed by atoms with Gasteiger partial charge in [0, 0.05) is 17.5 Å². The molecule has 2 heterocycles. The molecular weight excluding hydrogens is 452 g/mol. The number of carbonyl (C=O) groups is 1. The lowest BCUT2D eigenvalue weighted by Gasteiger charge is -2.39. The fourth-order valence-corrected chi connectivity index (χ4v) is 3.46. The fraction of sp³-hybridized carbons (Fsp3) is 0.304. The van der Waals surface area contributed by atoms with Gasteiger partial charge in [0.25, 0.3) is 0 Å². The van der Waals surface area contributed by atoms with Gasteiger partial charge in [-0.25, -0.2) is 4.79 Å². The third-order valence-corrected chi connectivity index (χ3v) is 5.31. The maximum Gasteiger partial charge on any atom is 0.336 e. The number of aliphatic hydroxyl groups is 3. The summed E-state index contributed by atoms with van der Waals surface area (Å²) >= 11 is 0. The van der Waals surface area contributed by atoms with E-state index in [1.54, 1.807) is 12.1 Å². The highest BCUT2D eigenvalue weighted by atomic mass is 16.7. The molecule has 34 heavy (non-hydrogen) atoms. The molecule has 180 valence electrons. The fourth-order valence-electron chi connectivity index (χ4n) is 3.46. The zero-order valence-electron chi connectivity index (χ0n) is 17.6. The summed E-state index contributed by atoms with van der Waals surface area (Å²) in [4.78, 5) is 23.6. The van der Waals surface area contributed by atoms with E-state index in [1.165, 1.54) is 36.4 Å². The predicted octanol–water partition coefficient (Wildman–Crippen LogP) is 0.176. The Labute approximate surface area is 192 Å². The number of rotatable bonds is 6. The third-order valence-electron chi connectivity index (χ3n) is 5.31. The van der Waals surface area contributed by atoms with Crippen molar-refractivity contribution in [1.82, 2.24) is 0 Å². The Morgan fingerprint density at radius 1 is 0.941 bits per heavy atom. The Bertz CT molecular complexity index is 1220.